The molecular formula is C15H12Cl6O6. The third kappa shape index (κ3) is 3.13. The average Bonchev–Trinajstić information content (AvgIpc) is 2.79. The van der Waals surface area contributed by atoms with Gasteiger partial charge in [0.15, 0.2) is 9.21 Å². The van der Waals surface area contributed by atoms with Crippen molar-refractivity contribution in [2.75, 3.05) is 13.2 Å². The predicted octanol–water partition coefficient (Wildman–Crippen LogP) is 3.65. The fourth-order valence-electron chi connectivity index (χ4n) is 2.94. The quantitative estimate of drug-likeness (QED) is 0.133. The Kier molecular flexibility index (Phi) is 6.62. The monoisotopic (exact) mass is 498 g/mol. The fraction of sp³-hybridized carbons (Fsp3) is 0.533. The van der Waals surface area contributed by atoms with Crippen molar-refractivity contribution in [1.29, 1.82) is 0 Å². The van der Waals surface area contributed by atoms with Crippen molar-refractivity contribution in [2.24, 2.45) is 5.92 Å². The zero-order chi connectivity index (χ0) is 20.8. The molecule has 0 radical (unpaired) electrons. The van der Waals surface area contributed by atoms with Gasteiger partial charge in [-0.1, -0.05) is 53.0 Å². The van der Waals surface area contributed by atoms with Crippen molar-refractivity contribution in [3.63, 3.8) is 0 Å². The van der Waals surface area contributed by atoms with Gasteiger partial charge in [-0.15, -0.1) is 23.2 Å². The smallest absolute Gasteiger partial charge is 0.333 e. The number of allylic oxidation sites excluding steroid dienone is 1. The van der Waals surface area contributed by atoms with Crippen LogP contribution in [0.2, 0.25) is 0 Å². The van der Waals surface area contributed by atoms with E-state index in [2.05, 4.69) is 6.58 Å². The molecule has 12 heteroatoms. The van der Waals surface area contributed by atoms with Crippen LogP contribution in [0.5, 0.6) is 0 Å². The van der Waals surface area contributed by atoms with Gasteiger partial charge in [0, 0.05) is 5.57 Å². The molecule has 0 N–H and O–H groups in total. The van der Waals surface area contributed by atoms with Crippen molar-refractivity contribution in [3.05, 3.63) is 22.2 Å². The van der Waals surface area contributed by atoms with Gasteiger partial charge in [-0.25, -0.2) is 4.79 Å². The number of halogens is 6. The molecule has 150 valence electrons. The van der Waals surface area contributed by atoms with Crippen LogP contribution in [0, 0.1) is 5.92 Å². The molecular weight excluding hydrogens is 489 g/mol. The second kappa shape index (κ2) is 7.81. The van der Waals surface area contributed by atoms with Crippen LogP contribution in [0.1, 0.15) is 6.92 Å². The van der Waals surface area contributed by atoms with E-state index in [-0.39, 0.29) is 35.3 Å². The van der Waals surface area contributed by atoms with E-state index >= 15 is 0 Å². The topological polar surface area (TPSA) is 78.9 Å². The van der Waals surface area contributed by atoms with Gasteiger partial charge in [-0.05, 0) is 6.92 Å². The minimum absolute atomic E-state index is 0.0482. The summed E-state index contributed by atoms with van der Waals surface area (Å²) in [6, 6.07) is 0. The van der Waals surface area contributed by atoms with Crippen LogP contribution in [-0.2, 0) is 28.6 Å². The normalized spacial score (nSPS) is 33.6. The first-order valence-corrected chi connectivity index (χ1v) is 9.56. The molecule has 2 bridgehead atoms. The summed E-state index contributed by atoms with van der Waals surface area (Å²) in [7, 11) is 0. The summed E-state index contributed by atoms with van der Waals surface area (Å²) < 4.78 is 12.7. The second-order valence-corrected chi connectivity index (χ2v) is 9.12. The first kappa shape index (κ1) is 22.9. The van der Waals surface area contributed by atoms with Crippen LogP contribution in [-0.4, -0.2) is 51.8 Å². The van der Waals surface area contributed by atoms with E-state index in [1.54, 1.807) is 0 Å². The Hall–Kier alpha value is -0.370. The standard InChI is InChI=1S/C15H12Cl6O6/c1-6(2)11(23)25-3-4-26-12(24)7-10(27-5-22)14(19)9(17)8(16)13(7,18)15(14,20)21/h5,7,10H,1,3-4H2,2H3. The lowest BCUT2D eigenvalue weighted by atomic mass is 9.89. The predicted molar refractivity (Wildman–Crippen MR) is 101 cm³/mol. The Balaban J connectivity index is 2.25. The van der Waals surface area contributed by atoms with Crippen LogP contribution in [0.15, 0.2) is 22.2 Å². The fourth-order valence-corrected chi connectivity index (χ4v) is 5.78. The molecule has 2 aliphatic rings. The highest BCUT2D eigenvalue weighted by Crippen LogP contribution is 2.74. The van der Waals surface area contributed by atoms with Crippen molar-refractivity contribution in [2.45, 2.75) is 27.1 Å². The molecule has 0 aromatic rings. The molecule has 0 aliphatic heterocycles. The summed E-state index contributed by atoms with van der Waals surface area (Å²) >= 11 is 37.9. The van der Waals surface area contributed by atoms with E-state index in [4.69, 9.17) is 83.8 Å². The molecule has 0 aromatic carbocycles. The summed E-state index contributed by atoms with van der Waals surface area (Å²) in [5.41, 5.74) is 0.179. The molecule has 4 unspecified atom stereocenters. The van der Waals surface area contributed by atoms with Gasteiger partial charge in [0.25, 0.3) is 6.47 Å². The molecule has 2 rings (SSSR count). The molecule has 1 fully saturated rings. The first-order chi connectivity index (χ1) is 12.4. The Morgan fingerprint density at radius 1 is 1.07 bits per heavy atom. The minimum Gasteiger partial charge on any atom is -0.462 e. The summed E-state index contributed by atoms with van der Waals surface area (Å²) in [6.45, 7) is 4.35. The van der Waals surface area contributed by atoms with Gasteiger partial charge in [0.2, 0.25) is 0 Å². The van der Waals surface area contributed by atoms with Gasteiger partial charge < -0.3 is 14.2 Å². The molecule has 0 saturated heterocycles. The molecule has 2 aliphatic carbocycles. The van der Waals surface area contributed by atoms with Gasteiger partial charge in [-0.3, -0.25) is 9.59 Å². The molecule has 0 heterocycles. The van der Waals surface area contributed by atoms with Gasteiger partial charge in [0.05, 0.1) is 10.1 Å². The minimum atomic E-state index is -2.10. The third-order valence-corrected chi connectivity index (χ3v) is 8.47. The van der Waals surface area contributed by atoms with Crippen molar-refractivity contribution in [1.82, 2.24) is 0 Å². The van der Waals surface area contributed by atoms with Crippen LogP contribution in [0.25, 0.3) is 0 Å². The van der Waals surface area contributed by atoms with Gasteiger partial charge in [-0.2, -0.15) is 0 Å². The Labute approximate surface area is 184 Å². The van der Waals surface area contributed by atoms with Gasteiger partial charge >= 0.3 is 11.9 Å². The Morgan fingerprint density at radius 3 is 2.11 bits per heavy atom. The number of esters is 2. The summed E-state index contributed by atoms with van der Waals surface area (Å²) in [5, 5.41) is -0.496. The van der Waals surface area contributed by atoms with Crippen LogP contribution >= 0.6 is 69.6 Å². The number of hydrogen-bond acceptors (Lipinski definition) is 6. The molecule has 27 heavy (non-hydrogen) atoms. The van der Waals surface area contributed by atoms with Crippen molar-refractivity contribution >= 4 is 88.0 Å². The first-order valence-electron chi connectivity index (χ1n) is 7.29. The zero-order valence-electron chi connectivity index (χ0n) is 13.6. The van der Waals surface area contributed by atoms with E-state index in [9.17, 15) is 14.4 Å². The number of fused-ring (bicyclic) bond motifs is 2. The summed E-state index contributed by atoms with van der Waals surface area (Å²) in [5.74, 6) is -3.09. The Bertz CT molecular complexity index is 736. The maximum atomic E-state index is 12.6. The van der Waals surface area contributed by atoms with Crippen LogP contribution in [0.3, 0.4) is 0 Å². The number of rotatable bonds is 7. The average molecular weight is 501 g/mol. The number of ether oxygens (including phenoxy) is 3. The summed E-state index contributed by atoms with van der Waals surface area (Å²) in [6.07, 6.45) is -1.45. The van der Waals surface area contributed by atoms with Crippen LogP contribution < -0.4 is 0 Å². The molecule has 0 aromatic heterocycles. The number of carbonyl (C=O) groups is 3. The largest absolute Gasteiger partial charge is 0.462 e. The Morgan fingerprint density at radius 2 is 1.59 bits per heavy atom. The molecule has 1 saturated carbocycles. The highest BCUT2D eigenvalue weighted by Gasteiger charge is 2.85. The van der Waals surface area contributed by atoms with Gasteiger partial charge in [0.1, 0.15) is 30.1 Å². The molecule has 4 atom stereocenters. The van der Waals surface area contributed by atoms with E-state index in [1.165, 1.54) is 6.92 Å². The lowest BCUT2D eigenvalue weighted by molar-refractivity contribution is -0.159. The third-order valence-electron chi connectivity index (χ3n) is 4.23. The van der Waals surface area contributed by atoms with E-state index < -0.39 is 38.0 Å². The number of alkyl halides is 4. The summed E-state index contributed by atoms with van der Waals surface area (Å²) in [4.78, 5) is 30.9. The maximum Gasteiger partial charge on any atom is 0.333 e. The highest BCUT2D eigenvalue weighted by molar-refractivity contribution is 6.66. The van der Waals surface area contributed by atoms with Crippen molar-refractivity contribution < 1.29 is 28.6 Å². The zero-order valence-corrected chi connectivity index (χ0v) is 18.1. The lowest BCUT2D eigenvalue weighted by Gasteiger charge is -2.33. The maximum absolute atomic E-state index is 12.6. The molecule has 6 nitrogen and oxygen atoms in total. The van der Waals surface area contributed by atoms with Crippen LogP contribution in [0.4, 0.5) is 0 Å². The van der Waals surface area contributed by atoms with E-state index in [0.717, 1.165) is 0 Å². The second-order valence-electron chi connectivity index (χ2n) is 5.84. The lowest BCUT2D eigenvalue weighted by Crippen LogP contribution is -2.47. The SMILES string of the molecule is C=C(C)C(=O)OCCOC(=O)C1C(OC=O)C2(Cl)C(Cl)=C(Cl)C1(Cl)C2(Cl)Cl. The van der Waals surface area contributed by atoms with E-state index in [1.807, 2.05) is 0 Å². The molecule has 0 spiro atoms. The van der Waals surface area contributed by atoms with Crippen molar-refractivity contribution in [3.8, 4) is 0 Å². The highest BCUT2D eigenvalue weighted by atomic mass is 35.5. The van der Waals surface area contributed by atoms with E-state index in [0.29, 0.717) is 0 Å². The number of carbonyl (C=O) groups excluding carboxylic acids is 3. The number of hydrogen-bond donors (Lipinski definition) is 0. The molecule has 0 amide bonds.